The summed E-state index contributed by atoms with van der Waals surface area (Å²) >= 11 is 1.14. The maximum Gasteiger partial charge on any atom is 0.345 e. The van der Waals surface area contributed by atoms with Crippen LogP contribution in [0.25, 0.3) is 0 Å². The second kappa shape index (κ2) is 6.46. The smallest absolute Gasteiger partial charge is 0.337 e. The topological polar surface area (TPSA) is 85.9 Å². The van der Waals surface area contributed by atoms with E-state index >= 15 is 0 Å². The van der Waals surface area contributed by atoms with Gasteiger partial charge in [-0.3, -0.25) is 9.36 Å². The van der Waals surface area contributed by atoms with Crippen LogP contribution in [-0.2, 0) is 7.05 Å². The second-order valence-electron chi connectivity index (χ2n) is 6.51. The molecule has 1 aliphatic heterocycles. The third-order valence-electron chi connectivity index (χ3n) is 4.42. The van der Waals surface area contributed by atoms with Crippen LogP contribution in [0.1, 0.15) is 59.8 Å². The molecule has 1 atom stereocenters. The van der Waals surface area contributed by atoms with E-state index in [0.717, 1.165) is 30.2 Å². The summed E-state index contributed by atoms with van der Waals surface area (Å²) in [4.78, 5) is 27.4. The van der Waals surface area contributed by atoms with Gasteiger partial charge in [-0.25, -0.2) is 9.48 Å². The third-order valence-corrected chi connectivity index (χ3v) is 5.23. The molecule has 2 aromatic heterocycles. The van der Waals surface area contributed by atoms with Gasteiger partial charge in [0.15, 0.2) is 0 Å². The van der Waals surface area contributed by atoms with E-state index < -0.39 is 0 Å². The van der Waals surface area contributed by atoms with Crippen LogP contribution in [-0.4, -0.2) is 47.8 Å². The molecule has 1 saturated heterocycles. The molecular weight excluding hydrogens is 328 g/mol. The van der Waals surface area contributed by atoms with E-state index in [-0.39, 0.29) is 23.6 Å². The van der Waals surface area contributed by atoms with Gasteiger partial charge in [-0.1, -0.05) is 4.49 Å². The molecule has 3 rings (SSSR count). The average Bonchev–Trinajstić information content (AvgIpc) is 3.11. The van der Waals surface area contributed by atoms with Crippen molar-refractivity contribution in [3.8, 4) is 0 Å². The Labute approximate surface area is 144 Å². The molecule has 0 bridgehead atoms. The van der Waals surface area contributed by atoms with Crippen molar-refractivity contribution in [2.24, 2.45) is 7.05 Å². The SMILES string of the molecule is Cc1nnsc1C(=O)N1CCCC(c2nn(C)c(=O)n2C(C)C)C1. The minimum absolute atomic E-state index is 0.0263. The molecule has 1 unspecified atom stereocenters. The van der Waals surface area contributed by atoms with E-state index in [2.05, 4.69) is 14.7 Å². The first-order chi connectivity index (χ1) is 11.4. The lowest BCUT2D eigenvalue weighted by Gasteiger charge is -2.32. The number of carbonyl (C=O) groups excluding carboxylic acids is 1. The summed E-state index contributed by atoms with van der Waals surface area (Å²) in [5.41, 5.74) is 0.565. The molecule has 0 spiro atoms. The summed E-state index contributed by atoms with van der Waals surface area (Å²) in [5.74, 6) is 0.816. The van der Waals surface area contributed by atoms with Crippen LogP contribution in [0.4, 0.5) is 0 Å². The van der Waals surface area contributed by atoms with E-state index in [9.17, 15) is 9.59 Å². The average molecular weight is 350 g/mol. The Kier molecular flexibility index (Phi) is 4.53. The number of amides is 1. The van der Waals surface area contributed by atoms with Gasteiger partial charge in [-0.2, -0.15) is 5.10 Å². The summed E-state index contributed by atoms with van der Waals surface area (Å²) in [7, 11) is 1.67. The monoisotopic (exact) mass is 350 g/mol. The number of hydrogen-bond acceptors (Lipinski definition) is 6. The van der Waals surface area contributed by atoms with Gasteiger partial charge in [0, 0.05) is 32.1 Å². The minimum Gasteiger partial charge on any atom is -0.337 e. The number of aryl methyl sites for hydroxylation is 2. The van der Waals surface area contributed by atoms with Gasteiger partial charge in [0.05, 0.1) is 5.69 Å². The second-order valence-corrected chi connectivity index (χ2v) is 7.26. The molecule has 0 N–H and O–H groups in total. The normalized spacial score (nSPS) is 18.4. The minimum atomic E-state index is -0.106. The number of likely N-dealkylation sites (tertiary alicyclic amines) is 1. The number of hydrogen-bond donors (Lipinski definition) is 0. The standard InChI is InChI=1S/C15H22N6O2S/c1-9(2)21-13(17-19(4)15(21)23)11-6-5-7-20(8-11)14(22)12-10(3)16-18-24-12/h9,11H,5-8H2,1-4H3. The van der Waals surface area contributed by atoms with Crippen molar-refractivity contribution in [2.45, 2.75) is 45.6 Å². The van der Waals surface area contributed by atoms with Crippen molar-refractivity contribution in [3.63, 3.8) is 0 Å². The highest BCUT2D eigenvalue weighted by Crippen LogP contribution is 2.28. The Balaban J connectivity index is 1.87. The summed E-state index contributed by atoms with van der Waals surface area (Å²) in [5, 5.41) is 8.36. The van der Waals surface area contributed by atoms with Crippen molar-refractivity contribution < 1.29 is 4.79 Å². The van der Waals surface area contributed by atoms with Gasteiger partial charge < -0.3 is 4.90 Å². The molecule has 0 aromatic carbocycles. The first-order valence-corrected chi connectivity index (χ1v) is 8.91. The van der Waals surface area contributed by atoms with Crippen LogP contribution in [0, 0.1) is 6.92 Å². The Morgan fingerprint density at radius 1 is 1.38 bits per heavy atom. The Bertz CT molecular complexity index is 805. The zero-order valence-corrected chi connectivity index (χ0v) is 15.2. The number of piperidine rings is 1. The van der Waals surface area contributed by atoms with E-state index in [0.29, 0.717) is 23.7 Å². The Morgan fingerprint density at radius 2 is 2.12 bits per heavy atom. The summed E-state index contributed by atoms with van der Waals surface area (Å²) in [6, 6.07) is 0.0419. The lowest BCUT2D eigenvalue weighted by Crippen LogP contribution is -2.40. The lowest BCUT2D eigenvalue weighted by molar-refractivity contribution is 0.0706. The molecule has 24 heavy (non-hydrogen) atoms. The van der Waals surface area contributed by atoms with Gasteiger partial charge >= 0.3 is 5.69 Å². The highest BCUT2D eigenvalue weighted by Gasteiger charge is 2.31. The summed E-state index contributed by atoms with van der Waals surface area (Å²) < 4.78 is 6.97. The number of carbonyl (C=O) groups is 1. The Morgan fingerprint density at radius 3 is 2.75 bits per heavy atom. The van der Waals surface area contributed by atoms with Crippen LogP contribution >= 0.6 is 11.5 Å². The molecular formula is C15H22N6O2S. The highest BCUT2D eigenvalue weighted by molar-refractivity contribution is 7.07. The van der Waals surface area contributed by atoms with Crippen molar-refractivity contribution in [1.82, 2.24) is 28.8 Å². The zero-order chi connectivity index (χ0) is 17.4. The molecule has 0 aliphatic carbocycles. The van der Waals surface area contributed by atoms with Gasteiger partial charge in [0.1, 0.15) is 10.7 Å². The fourth-order valence-electron chi connectivity index (χ4n) is 3.21. The van der Waals surface area contributed by atoms with Gasteiger partial charge in [-0.05, 0) is 45.1 Å². The fraction of sp³-hybridized carbons (Fsp3) is 0.667. The van der Waals surface area contributed by atoms with Crippen LogP contribution in [0.5, 0.6) is 0 Å². The van der Waals surface area contributed by atoms with Gasteiger partial charge in [-0.15, -0.1) is 5.10 Å². The number of nitrogens with zero attached hydrogens (tertiary/aromatic N) is 6. The lowest BCUT2D eigenvalue weighted by atomic mass is 9.96. The molecule has 130 valence electrons. The molecule has 1 fully saturated rings. The third kappa shape index (κ3) is 2.88. The molecule has 2 aromatic rings. The van der Waals surface area contributed by atoms with Crippen LogP contribution < -0.4 is 5.69 Å². The molecule has 1 aliphatic rings. The maximum absolute atomic E-state index is 12.7. The molecule has 9 heteroatoms. The quantitative estimate of drug-likeness (QED) is 0.834. The fourth-order valence-corrected chi connectivity index (χ4v) is 3.83. The van der Waals surface area contributed by atoms with Crippen molar-refractivity contribution in [1.29, 1.82) is 0 Å². The maximum atomic E-state index is 12.7. The van der Waals surface area contributed by atoms with E-state index in [1.54, 1.807) is 18.5 Å². The zero-order valence-electron chi connectivity index (χ0n) is 14.4. The molecule has 8 nitrogen and oxygen atoms in total. The first kappa shape index (κ1) is 16.8. The van der Waals surface area contributed by atoms with Crippen LogP contribution in [0.3, 0.4) is 0 Å². The summed E-state index contributed by atoms with van der Waals surface area (Å²) in [6.07, 6.45) is 1.82. The molecule has 0 saturated carbocycles. The van der Waals surface area contributed by atoms with Gasteiger partial charge in [0.25, 0.3) is 5.91 Å². The van der Waals surface area contributed by atoms with Crippen LogP contribution in [0.15, 0.2) is 4.79 Å². The van der Waals surface area contributed by atoms with Crippen molar-refractivity contribution in [3.05, 3.63) is 26.9 Å². The molecule has 1 amide bonds. The van der Waals surface area contributed by atoms with Gasteiger partial charge in [0.2, 0.25) is 0 Å². The van der Waals surface area contributed by atoms with E-state index in [1.807, 2.05) is 18.7 Å². The highest BCUT2D eigenvalue weighted by atomic mass is 32.1. The summed E-state index contributed by atoms with van der Waals surface area (Å²) in [6.45, 7) is 7.04. The molecule has 3 heterocycles. The predicted octanol–water partition coefficient (Wildman–Crippen LogP) is 1.34. The Hall–Kier alpha value is -2.03. The van der Waals surface area contributed by atoms with Crippen molar-refractivity contribution >= 4 is 17.4 Å². The molecule has 0 radical (unpaired) electrons. The van der Waals surface area contributed by atoms with Crippen LogP contribution in [0.2, 0.25) is 0 Å². The number of rotatable bonds is 3. The number of aromatic nitrogens is 5. The van der Waals surface area contributed by atoms with Crippen molar-refractivity contribution in [2.75, 3.05) is 13.1 Å². The predicted molar refractivity (Wildman–Crippen MR) is 90.4 cm³/mol. The van der Waals surface area contributed by atoms with E-state index in [4.69, 9.17) is 0 Å². The van der Waals surface area contributed by atoms with E-state index in [1.165, 1.54) is 4.68 Å². The largest absolute Gasteiger partial charge is 0.345 e. The first-order valence-electron chi connectivity index (χ1n) is 8.13.